The lowest BCUT2D eigenvalue weighted by atomic mass is 9.75. The van der Waals surface area contributed by atoms with Gasteiger partial charge in [-0.2, -0.15) is 0 Å². The Morgan fingerprint density at radius 2 is 1.03 bits per heavy atom. The molecule has 30 heavy (non-hydrogen) atoms. The Kier molecular flexibility index (Phi) is 8.62. The number of aliphatic hydroxyl groups is 2. The van der Waals surface area contributed by atoms with Crippen molar-refractivity contribution in [3.8, 4) is 0 Å². The van der Waals surface area contributed by atoms with Gasteiger partial charge in [0.25, 0.3) is 11.5 Å². The summed E-state index contributed by atoms with van der Waals surface area (Å²) >= 11 is 0. The van der Waals surface area contributed by atoms with E-state index in [0.29, 0.717) is 36.5 Å². The van der Waals surface area contributed by atoms with Crippen LogP contribution in [0.1, 0.15) is 80.1 Å². The molecule has 2 fully saturated rings. The minimum absolute atomic E-state index is 0.197. The molecule has 2 aliphatic carbocycles. The molecule has 0 aromatic heterocycles. The largest absolute Gasteiger partial charge is 0.499 e. The second kappa shape index (κ2) is 10.5. The van der Waals surface area contributed by atoms with Crippen LogP contribution >= 0.6 is 0 Å². The second-order valence-electron chi connectivity index (χ2n) is 10.2. The first-order chi connectivity index (χ1) is 14.0. The zero-order chi connectivity index (χ0) is 22.6. The molecule has 6 nitrogen and oxygen atoms in total. The van der Waals surface area contributed by atoms with E-state index in [2.05, 4.69) is 41.5 Å². The minimum atomic E-state index is -1.06. The first-order valence-corrected chi connectivity index (χ1v) is 11.5. The van der Waals surface area contributed by atoms with Crippen molar-refractivity contribution in [3.63, 3.8) is 0 Å². The number of aliphatic hydroxyl groups excluding tert-OH is 2. The first kappa shape index (κ1) is 24.5. The van der Waals surface area contributed by atoms with Gasteiger partial charge in [-0.25, -0.2) is 9.59 Å². The zero-order valence-corrected chi connectivity index (χ0v) is 19.4. The average Bonchev–Trinajstić information content (AvgIpc) is 2.66. The summed E-state index contributed by atoms with van der Waals surface area (Å²) in [5.74, 6) is -2.35. The van der Waals surface area contributed by atoms with E-state index in [1.54, 1.807) is 0 Å². The maximum Gasteiger partial charge on any atom is 0.377 e. The summed E-state index contributed by atoms with van der Waals surface area (Å²) in [6, 6.07) is 0. The van der Waals surface area contributed by atoms with Gasteiger partial charge in [0.1, 0.15) is 12.2 Å². The third kappa shape index (κ3) is 6.14. The van der Waals surface area contributed by atoms with Crippen LogP contribution in [0, 0.1) is 35.5 Å². The summed E-state index contributed by atoms with van der Waals surface area (Å²) in [5.41, 5.74) is 0. The van der Waals surface area contributed by atoms with Crippen LogP contribution in [0.2, 0.25) is 0 Å². The molecule has 172 valence electrons. The van der Waals surface area contributed by atoms with Crippen molar-refractivity contribution in [2.75, 3.05) is 0 Å². The summed E-state index contributed by atoms with van der Waals surface area (Å²) in [6.07, 6.45) is 4.80. The lowest BCUT2D eigenvalue weighted by molar-refractivity contribution is -0.159. The van der Waals surface area contributed by atoms with Crippen molar-refractivity contribution in [2.45, 2.75) is 92.3 Å². The number of hydrogen-bond donors (Lipinski definition) is 2. The molecule has 6 atom stereocenters. The molecule has 0 heterocycles. The molecular weight excluding hydrogens is 384 g/mol. The number of ether oxygens (including phenoxy) is 2. The number of esters is 2. The Balaban J connectivity index is 2.06. The quantitative estimate of drug-likeness (QED) is 0.340. The van der Waals surface area contributed by atoms with Crippen LogP contribution in [-0.2, 0) is 19.1 Å². The number of carbonyl (C=O) groups is 2. The van der Waals surface area contributed by atoms with E-state index in [9.17, 15) is 19.8 Å². The highest BCUT2D eigenvalue weighted by Gasteiger charge is 2.37. The van der Waals surface area contributed by atoms with Crippen molar-refractivity contribution < 1.29 is 29.3 Å². The maximum absolute atomic E-state index is 12.5. The summed E-state index contributed by atoms with van der Waals surface area (Å²) < 4.78 is 11.0. The van der Waals surface area contributed by atoms with Crippen LogP contribution in [0.3, 0.4) is 0 Å². The molecule has 0 bridgehead atoms. The van der Waals surface area contributed by atoms with E-state index in [1.165, 1.54) is 0 Å². The van der Waals surface area contributed by atoms with Gasteiger partial charge in [0.15, 0.2) is 0 Å². The van der Waals surface area contributed by atoms with Gasteiger partial charge in [-0.05, 0) is 61.2 Å². The monoisotopic (exact) mass is 424 g/mol. The molecule has 0 aromatic rings. The fourth-order valence-corrected chi connectivity index (χ4v) is 5.08. The molecule has 0 saturated heterocycles. The molecule has 0 amide bonds. The SMILES string of the molecule is CC(C)C1CC[C@@H](C)C[C@H]1OC(=O)/C(O)=C(\O)C(=O)O[C@@H]1C[C@H](C)CC[C@H]1C(C)C. The van der Waals surface area contributed by atoms with Crippen molar-refractivity contribution >= 4 is 11.9 Å². The lowest BCUT2D eigenvalue weighted by Crippen LogP contribution is -2.37. The average molecular weight is 425 g/mol. The zero-order valence-electron chi connectivity index (χ0n) is 19.4. The summed E-state index contributed by atoms with van der Waals surface area (Å²) in [6.45, 7) is 12.6. The molecule has 1 unspecified atom stereocenters. The molecule has 2 saturated carbocycles. The molecule has 2 N–H and O–H groups in total. The van der Waals surface area contributed by atoms with Gasteiger partial charge < -0.3 is 19.7 Å². The third-order valence-corrected chi connectivity index (χ3v) is 7.05. The van der Waals surface area contributed by atoms with E-state index in [-0.39, 0.29) is 24.0 Å². The fourth-order valence-electron chi connectivity index (χ4n) is 5.08. The molecular formula is C24H40O6. The van der Waals surface area contributed by atoms with Gasteiger partial charge in [0, 0.05) is 0 Å². The molecule has 6 heteroatoms. The van der Waals surface area contributed by atoms with Gasteiger partial charge >= 0.3 is 11.9 Å². The van der Waals surface area contributed by atoms with Gasteiger partial charge in [0.2, 0.25) is 0 Å². The minimum Gasteiger partial charge on any atom is -0.499 e. The number of carbonyl (C=O) groups excluding carboxylic acids is 2. The third-order valence-electron chi connectivity index (χ3n) is 7.05. The number of rotatable bonds is 6. The van der Waals surface area contributed by atoms with Crippen LogP contribution in [0.4, 0.5) is 0 Å². The van der Waals surface area contributed by atoms with Crippen LogP contribution in [0.15, 0.2) is 11.5 Å². The van der Waals surface area contributed by atoms with Crippen molar-refractivity contribution in [3.05, 3.63) is 11.5 Å². The summed E-state index contributed by atoms with van der Waals surface area (Å²) in [5, 5.41) is 20.4. The maximum atomic E-state index is 12.5. The van der Waals surface area contributed by atoms with Gasteiger partial charge in [-0.15, -0.1) is 0 Å². The van der Waals surface area contributed by atoms with E-state index in [1.807, 2.05) is 0 Å². The molecule has 0 radical (unpaired) electrons. The Morgan fingerprint density at radius 1 is 0.700 bits per heavy atom. The Morgan fingerprint density at radius 3 is 1.33 bits per heavy atom. The Labute approximate surface area is 181 Å². The van der Waals surface area contributed by atoms with E-state index in [0.717, 1.165) is 25.7 Å². The van der Waals surface area contributed by atoms with Crippen molar-refractivity contribution in [1.29, 1.82) is 0 Å². The van der Waals surface area contributed by atoms with Gasteiger partial charge in [-0.1, -0.05) is 54.4 Å². The Hall–Kier alpha value is -1.72. The van der Waals surface area contributed by atoms with Crippen molar-refractivity contribution in [1.82, 2.24) is 0 Å². The predicted molar refractivity (Wildman–Crippen MR) is 115 cm³/mol. The van der Waals surface area contributed by atoms with E-state index in [4.69, 9.17) is 9.47 Å². The molecule has 0 spiro atoms. The van der Waals surface area contributed by atoms with Crippen LogP contribution in [0.5, 0.6) is 0 Å². The smallest absolute Gasteiger partial charge is 0.377 e. The van der Waals surface area contributed by atoms with Crippen molar-refractivity contribution in [2.24, 2.45) is 35.5 Å². The standard InChI is InChI=1S/C24H40O6/c1-13(2)17-9-7-15(5)11-19(17)29-23(27)21(25)22(26)24(28)30-20-12-16(6)8-10-18(20)14(3)4/h13-20,25-26H,7-12H2,1-6H3/b22-21+/t15-,16-,17+,18?,19-,20-/m1/s1. The first-order valence-electron chi connectivity index (χ1n) is 11.5. The normalized spacial score (nSPS) is 33.2. The second-order valence-corrected chi connectivity index (χ2v) is 10.2. The Bertz CT molecular complexity index is 584. The van der Waals surface area contributed by atoms with E-state index < -0.39 is 23.5 Å². The van der Waals surface area contributed by atoms with Crippen LogP contribution in [0.25, 0.3) is 0 Å². The van der Waals surface area contributed by atoms with Crippen LogP contribution < -0.4 is 0 Å². The van der Waals surface area contributed by atoms with E-state index >= 15 is 0 Å². The van der Waals surface area contributed by atoms with Gasteiger partial charge in [-0.3, -0.25) is 0 Å². The predicted octanol–water partition coefficient (Wildman–Crippen LogP) is 5.32. The van der Waals surface area contributed by atoms with Gasteiger partial charge in [0.05, 0.1) is 0 Å². The lowest BCUT2D eigenvalue weighted by Gasteiger charge is -2.37. The highest BCUT2D eigenvalue weighted by Crippen LogP contribution is 2.37. The highest BCUT2D eigenvalue weighted by atomic mass is 16.6. The summed E-state index contributed by atoms with van der Waals surface area (Å²) in [4.78, 5) is 24.9. The molecule has 0 aliphatic heterocycles. The molecule has 2 rings (SSSR count). The number of hydrogen-bond acceptors (Lipinski definition) is 6. The topological polar surface area (TPSA) is 93.1 Å². The van der Waals surface area contributed by atoms with Crippen LogP contribution in [-0.4, -0.2) is 34.4 Å². The molecule has 2 aliphatic rings. The molecule has 0 aromatic carbocycles. The summed E-state index contributed by atoms with van der Waals surface area (Å²) in [7, 11) is 0. The highest BCUT2D eigenvalue weighted by molar-refractivity contribution is 5.97. The fraction of sp³-hybridized carbons (Fsp3) is 0.833.